The van der Waals surface area contributed by atoms with Crippen molar-refractivity contribution in [3.63, 3.8) is 0 Å². The highest BCUT2D eigenvalue weighted by atomic mass is 19.1. The Labute approximate surface area is 97.3 Å². The van der Waals surface area contributed by atoms with E-state index in [4.69, 9.17) is 0 Å². The first-order valence-electron chi connectivity index (χ1n) is 5.96. The van der Waals surface area contributed by atoms with Gasteiger partial charge in [-0.25, -0.2) is 4.39 Å². The molecule has 0 aromatic heterocycles. The van der Waals surface area contributed by atoms with Gasteiger partial charge < -0.3 is 0 Å². The summed E-state index contributed by atoms with van der Waals surface area (Å²) in [5.74, 6) is 0. The van der Waals surface area contributed by atoms with Gasteiger partial charge in [0.25, 0.3) is 0 Å². The summed E-state index contributed by atoms with van der Waals surface area (Å²) >= 11 is 0. The number of nitrogens with zero attached hydrogens (tertiary/aromatic N) is 1. The molecule has 0 spiro atoms. The number of hydrogen-bond donors (Lipinski definition) is 0. The van der Waals surface area contributed by atoms with Gasteiger partial charge in [0, 0.05) is 18.6 Å². The molecule has 2 heteroatoms. The number of alkyl halides is 1. The van der Waals surface area contributed by atoms with E-state index in [1.807, 2.05) is 18.2 Å². The molecule has 0 bridgehead atoms. The number of rotatable bonds is 2. The molecule has 2 rings (SSSR count). The Morgan fingerprint density at radius 3 is 2.69 bits per heavy atom. The highest BCUT2D eigenvalue weighted by molar-refractivity contribution is 5.18. The maximum absolute atomic E-state index is 13.2. The molecule has 1 aromatic carbocycles. The minimum absolute atomic E-state index is 0.0963. The molecule has 1 heterocycles. The fraction of sp³-hybridized carbons (Fsp3) is 0.500. The number of hydrogen-bond acceptors (Lipinski definition) is 1. The Bertz CT molecular complexity index is 325. The molecule has 1 nitrogen and oxygen atoms in total. The molecule has 1 aromatic rings. The van der Waals surface area contributed by atoms with Crippen molar-refractivity contribution in [3.05, 3.63) is 42.8 Å². The van der Waals surface area contributed by atoms with Crippen molar-refractivity contribution in [2.24, 2.45) is 0 Å². The highest BCUT2D eigenvalue weighted by Gasteiger charge is 2.28. The van der Waals surface area contributed by atoms with Crippen molar-refractivity contribution in [3.8, 4) is 0 Å². The predicted molar refractivity (Wildman–Crippen MR) is 64.8 cm³/mol. The van der Waals surface area contributed by atoms with Gasteiger partial charge in [-0.05, 0) is 32.3 Å². The first-order valence-corrected chi connectivity index (χ1v) is 5.96. The second kappa shape index (κ2) is 4.96. The highest BCUT2D eigenvalue weighted by Crippen LogP contribution is 2.28. The zero-order chi connectivity index (χ0) is 11.5. The van der Waals surface area contributed by atoms with Crippen LogP contribution < -0.4 is 0 Å². The Balaban J connectivity index is 2.07. The Kier molecular flexibility index (Phi) is 3.59. The lowest BCUT2D eigenvalue weighted by Gasteiger charge is -2.39. The standard InChI is InChI=1S/C14H19FN/c1-11-10-14(15)8-9-16(11)12(2)13-6-4-3-5-7-13/h3-7,11-12,14H,1,8-10H2,2H3/t11?,12-,14?/m1/s1. The van der Waals surface area contributed by atoms with E-state index in [0.717, 1.165) is 6.54 Å². The van der Waals surface area contributed by atoms with Crippen LogP contribution in [0.25, 0.3) is 0 Å². The maximum atomic E-state index is 13.2. The third-order valence-corrected chi connectivity index (χ3v) is 3.48. The van der Waals surface area contributed by atoms with Gasteiger partial charge in [0.2, 0.25) is 0 Å². The molecule has 0 saturated carbocycles. The maximum Gasteiger partial charge on any atom is 0.103 e. The van der Waals surface area contributed by atoms with Gasteiger partial charge in [-0.2, -0.15) is 0 Å². The second-order valence-corrected chi connectivity index (χ2v) is 4.60. The fourth-order valence-electron chi connectivity index (χ4n) is 2.45. The van der Waals surface area contributed by atoms with Crippen molar-refractivity contribution in [2.75, 3.05) is 6.54 Å². The van der Waals surface area contributed by atoms with Gasteiger partial charge in [0.1, 0.15) is 6.17 Å². The number of likely N-dealkylation sites (tertiary alicyclic amines) is 1. The van der Waals surface area contributed by atoms with E-state index in [0.29, 0.717) is 18.9 Å². The van der Waals surface area contributed by atoms with Crippen molar-refractivity contribution in [1.82, 2.24) is 4.90 Å². The molecule has 1 radical (unpaired) electrons. The van der Waals surface area contributed by atoms with E-state index in [9.17, 15) is 4.39 Å². The number of halogens is 1. The third kappa shape index (κ3) is 2.43. The smallest absolute Gasteiger partial charge is 0.103 e. The fourth-order valence-corrected chi connectivity index (χ4v) is 2.45. The van der Waals surface area contributed by atoms with E-state index < -0.39 is 6.17 Å². The van der Waals surface area contributed by atoms with E-state index in [-0.39, 0.29) is 6.04 Å². The van der Waals surface area contributed by atoms with E-state index >= 15 is 0 Å². The quantitative estimate of drug-likeness (QED) is 0.738. The lowest BCUT2D eigenvalue weighted by molar-refractivity contribution is 0.0805. The summed E-state index contributed by atoms with van der Waals surface area (Å²) < 4.78 is 13.2. The molecule has 1 saturated heterocycles. The van der Waals surface area contributed by atoms with E-state index in [1.165, 1.54) is 5.56 Å². The van der Waals surface area contributed by atoms with Gasteiger partial charge in [0.15, 0.2) is 0 Å². The molecule has 0 amide bonds. The normalized spacial score (nSPS) is 28.9. The lowest BCUT2D eigenvalue weighted by Crippen LogP contribution is -2.43. The van der Waals surface area contributed by atoms with Crippen LogP contribution in [0.5, 0.6) is 0 Å². The van der Waals surface area contributed by atoms with Crippen LogP contribution in [0.15, 0.2) is 30.3 Å². The van der Waals surface area contributed by atoms with Crippen LogP contribution >= 0.6 is 0 Å². The Morgan fingerprint density at radius 1 is 1.38 bits per heavy atom. The summed E-state index contributed by atoms with van der Waals surface area (Å²) in [5.41, 5.74) is 1.29. The van der Waals surface area contributed by atoms with E-state index in [1.54, 1.807) is 0 Å². The number of benzene rings is 1. The first-order chi connectivity index (χ1) is 7.68. The molecular formula is C14H19FN. The minimum atomic E-state index is -0.665. The van der Waals surface area contributed by atoms with Gasteiger partial charge in [0.05, 0.1) is 0 Å². The van der Waals surface area contributed by atoms with Crippen LogP contribution in [-0.4, -0.2) is 23.7 Å². The van der Waals surface area contributed by atoms with Crippen LogP contribution in [0.1, 0.15) is 31.4 Å². The van der Waals surface area contributed by atoms with E-state index in [2.05, 4.69) is 30.9 Å². The summed E-state index contributed by atoms with van der Waals surface area (Å²) in [7, 11) is 0. The summed E-state index contributed by atoms with van der Waals surface area (Å²) in [6.07, 6.45) is 0.544. The molecule has 3 atom stereocenters. The molecule has 0 aliphatic carbocycles. The zero-order valence-electron chi connectivity index (χ0n) is 9.77. The van der Waals surface area contributed by atoms with Crippen molar-refractivity contribution in [1.29, 1.82) is 0 Å². The number of piperidine rings is 1. The summed E-state index contributed by atoms with van der Waals surface area (Å²) in [4.78, 5) is 2.30. The van der Waals surface area contributed by atoms with Crippen LogP contribution in [0, 0.1) is 6.92 Å². The van der Waals surface area contributed by atoms with Crippen LogP contribution in [0.2, 0.25) is 0 Å². The molecule has 1 fully saturated rings. The van der Waals surface area contributed by atoms with Crippen molar-refractivity contribution >= 4 is 0 Å². The van der Waals surface area contributed by atoms with Crippen molar-refractivity contribution in [2.45, 2.75) is 38.0 Å². The molecule has 2 unspecified atom stereocenters. The van der Waals surface area contributed by atoms with Gasteiger partial charge in [-0.3, -0.25) is 4.90 Å². The van der Waals surface area contributed by atoms with Gasteiger partial charge in [-0.15, -0.1) is 0 Å². The molecule has 1 aliphatic heterocycles. The van der Waals surface area contributed by atoms with Crippen LogP contribution in [-0.2, 0) is 0 Å². The topological polar surface area (TPSA) is 3.24 Å². The average Bonchev–Trinajstić information content (AvgIpc) is 2.29. The van der Waals surface area contributed by atoms with Gasteiger partial charge in [-0.1, -0.05) is 30.3 Å². The SMILES string of the molecule is [CH2]C1CC(F)CCN1[C@H](C)c1ccccc1. The monoisotopic (exact) mass is 220 g/mol. The zero-order valence-corrected chi connectivity index (χ0v) is 9.77. The minimum Gasteiger partial charge on any atom is -0.293 e. The van der Waals surface area contributed by atoms with Crippen LogP contribution in [0.4, 0.5) is 4.39 Å². The second-order valence-electron chi connectivity index (χ2n) is 4.60. The molecule has 16 heavy (non-hydrogen) atoms. The first kappa shape index (κ1) is 11.6. The summed E-state index contributed by atoms with van der Waals surface area (Å²) in [5, 5.41) is 0. The third-order valence-electron chi connectivity index (χ3n) is 3.48. The van der Waals surface area contributed by atoms with Crippen molar-refractivity contribution < 1.29 is 4.39 Å². The average molecular weight is 220 g/mol. The molecule has 0 N–H and O–H groups in total. The summed E-state index contributed by atoms with van der Waals surface area (Å²) in [6.45, 7) is 7.05. The Hall–Kier alpha value is -0.890. The Morgan fingerprint density at radius 2 is 2.06 bits per heavy atom. The molecule has 1 aliphatic rings. The predicted octanol–water partition coefficient (Wildman–Crippen LogP) is 3.38. The van der Waals surface area contributed by atoms with Gasteiger partial charge >= 0.3 is 0 Å². The molecular weight excluding hydrogens is 201 g/mol. The lowest BCUT2D eigenvalue weighted by atomic mass is 9.97. The molecule has 87 valence electrons. The van der Waals surface area contributed by atoms with Crippen LogP contribution in [0.3, 0.4) is 0 Å². The summed E-state index contributed by atoms with van der Waals surface area (Å²) in [6, 6.07) is 10.8. The largest absolute Gasteiger partial charge is 0.293 e.